The Hall–Kier alpha value is -3.02. The number of benzene rings is 2. The van der Waals surface area contributed by atoms with Crippen molar-refractivity contribution in [3.05, 3.63) is 59.2 Å². The minimum Gasteiger partial charge on any atom is -0.486 e. The van der Waals surface area contributed by atoms with Gasteiger partial charge in [0, 0.05) is 38.7 Å². The van der Waals surface area contributed by atoms with Crippen LogP contribution in [-0.2, 0) is 17.9 Å². The van der Waals surface area contributed by atoms with Crippen molar-refractivity contribution in [2.45, 2.75) is 25.9 Å². The summed E-state index contributed by atoms with van der Waals surface area (Å²) in [6, 6.07) is 13.3. The van der Waals surface area contributed by atoms with E-state index in [4.69, 9.17) is 9.47 Å². The lowest BCUT2D eigenvalue weighted by molar-refractivity contribution is -0.128. The molecule has 0 radical (unpaired) electrons. The van der Waals surface area contributed by atoms with Gasteiger partial charge >= 0.3 is 0 Å². The van der Waals surface area contributed by atoms with Gasteiger partial charge in [-0.3, -0.25) is 9.59 Å². The number of hydrogen-bond donors (Lipinski definition) is 0. The number of amides is 2. The predicted octanol–water partition coefficient (Wildman–Crippen LogP) is 2.85. The minimum absolute atomic E-state index is 0.0514. The number of nitrogens with zero attached hydrogens (tertiary/aromatic N) is 2. The van der Waals surface area contributed by atoms with Crippen molar-refractivity contribution in [3.63, 3.8) is 0 Å². The molecule has 1 fully saturated rings. The maximum atomic E-state index is 12.9. The first kappa shape index (κ1) is 18.3. The Bertz CT molecular complexity index is 896. The van der Waals surface area contributed by atoms with Crippen LogP contribution in [0.4, 0.5) is 0 Å². The number of rotatable bonds is 5. The van der Waals surface area contributed by atoms with Gasteiger partial charge in [-0.15, -0.1) is 0 Å². The van der Waals surface area contributed by atoms with Crippen LogP contribution in [0, 0.1) is 0 Å². The fourth-order valence-corrected chi connectivity index (χ4v) is 3.65. The Kier molecular flexibility index (Phi) is 5.19. The molecule has 6 nitrogen and oxygen atoms in total. The lowest BCUT2D eigenvalue weighted by Gasteiger charge is -2.21. The van der Waals surface area contributed by atoms with Gasteiger partial charge in [-0.1, -0.05) is 18.2 Å². The van der Waals surface area contributed by atoms with Gasteiger partial charge in [0.25, 0.3) is 5.91 Å². The molecule has 2 heterocycles. The topological polar surface area (TPSA) is 59.1 Å². The molecule has 2 aliphatic heterocycles. The zero-order valence-electron chi connectivity index (χ0n) is 16.0. The third-order valence-electron chi connectivity index (χ3n) is 5.09. The highest BCUT2D eigenvalue weighted by Crippen LogP contribution is 2.31. The van der Waals surface area contributed by atoms with Gasteiger partial charge in [-0.2, -0.15) is 0 Å². The Balaban J connectivity index is 1.43. The predicted molar refractivity (Wildman–Crippen MR) is 104 cm³/mol. The monoisotopic (exact) mass is 380 g/mol. The Morgan fingerprint density at radius 2 is 1.89 bits per heavy atom. The normalized spacial score (nSPS) is 15.6. The SMILES string of the molecule is CN(Cc1ccc2c(c1)OCCO2)C(=O)c1cccc(CN2CCCC2=O)c1. The van der Waals surface area contributed by atoms with Crippen molar-refractivity contribution in [1.29, 1.82) is 0 Å². The third kappa shape index (κ3) is 3.96. The van der Waals surface area contributed by atoms with E-state index in [-0.39, 0.29) is 11.8 Å². The van der Waals surface area contributed by atoms with Gasteiger partial charge in [0.15, 0.2) is 11.5 Å². The molecule has 146 valence electrons. The average molecular weight is 380 g/mol. The summed E-state index contributed by atoms with van der Waals surface area (Å²) in [4.78, 5) is 28.3. The summed E-state index contributed by atoms with van der Waals surface area (Å²) in [6.45, 7) is 2.93. The fraction of sp³-hybridized carbons (Fsp3) is 0.364. The second-order valence-electron chi connectivity index (χ2n) is 7.26. The van der Waals surface area contributed by atoms with Gasteiger partial charge in [0.05, 0.1) is 0 Å². The van der Waals surface area contributed by atoms with E-state index in [9.17, 15) is 9.59 Å². The largest absolute Gasteiger partial charge is 0.486 e. The summed E-state index contributed by atoms with van der Waals surface area (Å²) in [5.41, 5.74) is 2.59. The van der Waals surface area contributed by atoms with Gasteiger partial charge in [0.2, 0.25) is 5.91 Å². The third-order valence-corrected chi connectivity index (χ3v) is 5.09. The van der Waals surface area contributed by atoms with Crippen molar-refractivity contribution < 1.29 is 19.1 Å². The number of fused-ring (bicyclic) bond motifs is 1. The van der Waals surface area contributed by atoms with Crippen molar-refractivity contribution in [1.82, 2.24) is 9.80 Å². The van der Waals surface area contributed by atoms with Crippen molar-refractivity contribution in [3.8, 4) is 11.5 Å². The Labute approximate surface area is 164 Å². The number of hydrogen-bond acceptors (Lipinski definition) is 4. The van der Waals surface area contributed by atoms with Crippen molar-refractivity contribution >= 4 is 11.8 Å². The smallest absolute Gasteiger partial charge is 0.253 e. The van der Waals surface area contributed by atoms with Crippen molar-refractivity contribution in [2.24, 2.45) is 0 Å². The van der Waals surface area contributed by atoms with Crippen LogP contribution < -0.4 is 9.47 Å². The summed E-state index contributed by atoms with van der Waals surface area (Å²) in [5.74, 6) is 1.60. The van der Waals surface area contributed by atoms with Gasteiger partial charge < -0.3 is 19.3 Å². The average Bonchev–Trinajstić information content (AvgIpc) is 3.12. The minimum atomic E-state index is -0.0514. The zero-order valence-corrected chi connectivity index (χ0v) is 16.0. The van der Waals surface area contributed by atoms with Crippen LogP contribution in [0.2, 0.25) is 0 Å². The maximum absolute atomic E-state index is 12.9. The molecule has 2 aromatic carbocycles. The molecule has 28 heavy (non-hydrogen) atoms. The van der Waals surface area contributed by atoms with Crippen LogP contribution in [0.25, 0.3) is 0 Å². The molecule has 1 saturated heterocycles. The molecule has 0 aromatic heterocycles. The lowest BCUT2D eigenvalue weighted by Crippen LogP contribution is -2.27. The molecule has 0 bridgehead atoms. The zero-order chi connectivity index (χ0) is 19.5. The molecule has 6 heteroatoms. The fourth-order valence-electron chi connectivity index (χ4n) is 3.65. The summed E-state index contributed by atoms with van der Waals surface area (Å²) in [7, 11) is 1.79. The highest BCUT2D eigenvalue weighted by molar-refractivity contribution is 5.94. The number of ether oxygens (including phenoxy) is 2. The van der Waals surface area contributed by atoms with Gasteiger partial charge in [-0.25, -0.2) is 0 Å². The van der Waals surface area contributed by atoms with E-state index >= 15 is 0 Å². The maximum Gasteiger partial charge on any atom is 0.253 e. The summed E-state index contributed by atoms with van der Waals surface area (Å²) < 4.78 is 11.2. The summed E-state index contributed by atoms with van der Waals surface area (Å²) in [6.07, 6.45) is 1.53. The van der Waals surface area contributed by atoms with Gasteiger partial charge in [-0.05, 0) is 41.8 Å². The molecular formula is C22H24N2O4. The first-order chi connectivity index (χ1) is 13.6. The second-order valence-corrected chi connectivity index (χ2v) is 7.26. The highest BCUT2D eigenvalue weighted by atomic mass is 16.6. The molecule has 0 unspecified atom stereocenters. The van der Waals surface area contributed by atoms with E-state index < -0.39 is 0 Å². The molecule has 0 aliphatic carbocycles. The van der Waals surface area contributed by atoms with Crippen LogP contribution in [0.1, 0.15) is 34.3 Å². The molecule has 0 N–H and O–H groups in total. The second kappa shape index (κ2) is 7.92. The van der Waals surface area contributed by atoms with Crippen LogP contribution >= 0.6 is 0 Å². The number of carbonyl (C=O) groups is 2. The van der Waals surface area contributed by atoms with E-state index in [2.05, 4.69) is 0 Å². The van der Waals surface area contributed by atoms with Crippen LogP contribution in [0.3, 0.4) is 0 Å². The molecule has 0 saturated carbocycles. The molecule has 0 atom stereocenters. The van der Waals surface area contributed by atoms with Gasteiger partial charge in [0.1, 0.15) is 13.2 Å². The quantitative estimate of drug-likeness (QED) is 0.800. The van der Waals surface area contributed by atoms with E-state index in [0.29, 0.717) is 38.3 Å². The van der Waals surface area contributed by atoms with Crippen molar-refractivity contribution in [2.75, 3.05) is 26.8 Å². The Morgan fingerprint density at radius 3 is 2.68 bits per heavy atom. The van der Waals surface area contributed by atoms with E-state index in [1.807, 2.05) is 47.4 Å². The van der Waals surface area contributed by atoms with Crippen LogP contribution in [0.5, 0.6) is 11.5 Å². The van der Waals surface area contributed by atoms with Crippen LogP contribution in [-0.4, -0.2) is 48.4 Å². The highest BCUT2D eigenvalue weighted by Gasteiger charge is 2.21. The number of carbonyl (C=O) groups excluding carboxylic acids is 2. The molecule has 2 aromatic rings. The van der Waals surface area contributed by atoms with E-state index in [0.717, 1.165) is 35.6 Å². The van der Waals surface area contributed by atoms with E-state index in [1.165, 1.54) is 0 Å². The summed E-state index contributed by atoms with van der Waals surface area (Å²) in [5, 5.41) is 0. The molecule has 0 spiro atoms. The van der Waals surface area contributed by atoms with E-state index in [1.54, 1.807) is 11.9 Å². The Morgan fingerprint density at radius 1 is 1.07 bits per heavy atom. The number of likely N-dealkylation sites (tertiary alicyclic amines) is 1. The molecule has 2 aliphatic rings. The first-order valence-electron chi connectivity index (χ1n) is 9.61. The molecule has 4 rings (SSSR count). The molecule has 2 amide bonds. The standard InChI is InChI=1S/C22H24N2O4/c1-23(14-17-7-8-19-20(13-17)28-11-10-27-19)22(26)18-5-2-4-16(12-18)15-24-9-3-6-21(24)25/h2,4-5,7-8,12-13H,3,6,9-11,14-15H2,1H3. The van der Waals surface area contributed by atoms with Crippen LogP contribution in [0.15, 0.2) is 42.5 Å². The first-order valence-corrected chi connectivity index (χ1v) is 9.61. The molecular weight excluding hydrogens is 356 g/mol. The lowest BCUT2D eigenvalue weighted by atomic mass is 10.1. The summed E-state index contributed by atoms with van der Waals surface area (Å²) >= 11 is 0.